The molecule has 0 saturated carbocycles. The monoisotopic (exact) mass is 313 g/mol. The topological polar surface area (TPSA) is 38.3 Å². The molecule has 1 aromatic carbocycles. The normalized spacial score (nSPS) is 19.1. The first-order valence-corrected chi connectivity index (χ1v) is 6.05. The van der Waals surface area contributed by atoms with Crippen LogP contribution in [-0.2, 0) is 4.74 Å². The van der Waals surface area contributed by atoms with E-state index in [2.05, 4.69) is 5.32 Å². The molecule has 1 aliphatic rings. The first kappa shape index (κ1) is 16.0. The van der Waals surface area contributed by atoms with Gasteiger partial charge >= 0.3 is 11.6 Å². The second kappa shape index (κ2) is 6.38. The zero-order chi connectivity index (χ0) is 13.2. The summed E-state index contributed by atoms with van der Waals surface area (Å²) in [5.41, 5.74) is -3.51. The molecule has 19 heavy (non-hydrogen) atoms. The Morgan fingerprint density at radius 2 is 1.89 bits per heavy atom. The second-order valence-electron chi connectivity index (χ2n) is 3.74. The summed E-state index contributed by atoms with van der Waals surface area (Å²) in [4.78, 5) is 11.1. The van der Waals surface area contributed by atoms with Crippen LogP contribution in [0.25, 0.3) is 0 Å². The maximum atomic E-state index is 12.1. The van der Waals surface area contributed by atoms with Crippen LogP contribution in [0.2, 0.25) is 0 Å². The number of benzene rings is 1. The first-order chi connectivity index (χ1) is 8.44. The highest BCUT2D eigenvalue weighted by Crippen LogP contribution is 2.37. The van der Waals surface area contributed by atoms with Crippen LogP contribution < -0.4 is 5.32 Å². The van der Waals surface area contributed by atoms with Gasteiger partial charge in [-0.3, -0.25) is 0 Å². The Kier molecular flexibility index (Phi) is 5.37. The Balaban J connectivity index is 0.00000180. The van der Waals surface area contributed by atoms with Gasteiger partial charge in [0.15, 0.2) is 0 Å². The van der Waals surface area contributed by atoms with Crippen LogP contribution in [0.4, 0.5) is 18.0 Å². The van der Waals surface area contributed by atoms with Crippen LogP contribution in [0.15, 0.2) is 29.2 Å². The number of halogens is 4. The summed E-state index contributed by atoms with van der Waals surface area (Å²) in [6.07, 6.45) is 0.109. The number of hydrogen-bond donors (Lipinski definition) is 1. The van der Waals surface area contributed by atoms with Crippen molar-refractivity contribution in [3.63, 3.8) is 0 Å². The van der Waals surface area contributed by atoms with Gasteiger partial charge < -0.3 is 10.1 Å². The molecule has 0 unspecified atom stereocenters. The number of cyclic esters (lactones) is 1. The van der Waals surface area contributed by atoms with Crippen molar-refractivity contribution in [3.8, 4) is 0 Å². The van der Waals surface area contributed by atoms with E-state index in [9.17, 15) is 18.0 Å². The second-order valence-corrected chi connectivity index (χ2v) is 4.88. The maximum absolute atomic E-state index is 12.1. The number of carbonyl (C=O) groups is 1. The third kappa shape index (κ3) is 4.83. The first-order valence-electron chi connectivity index (χ1n) is 5.23. The molecule has 1 N–H and O–H groups in total. The molecule has 0 spiro atoms. The lowest BCUT2D eigenvalue weighted by Crippen LogP contribution is -2.35. The fraction of sp³-hybridized carbons (Fsp3) is 0.364. The smallest absolute Gasteiger partial charge is 0.446 e. The van der Waals surface area contributed by atoms with Gasteiger partial charge in [0.1, 0.15) is 0 Å². The molecule has 1 atom stereocenters. The molecular formula is C11H11ClF3NO2S. The van der Waals surface area contributed by atoms with Gasteiger partial charge in [0.05, 0.1) is 12.6 Å². The number of alkyl halides is 3. The molecule has 1 heterocycles. The van der Waals surface area contributed by atoms with Crippen LogP contribution >= 0.6 is 24.2 Å². The largest absolute Gasteiger partial charge is 0.449 e. The summed E-state index contributed by atoms with van der Waals surface area (Å²) < 4.78 is 41.1. The molecular weight excluding hydrogens is 303 g/mol. The quantitative estimate of drug-likeness (QED) is 0.842. The van der Waals surface area contributed by atoms with E-state index < -0.39 is 11.6 Å². The number of hydrogen-bond acceptors (Lipinski definition) is 3. The summed E-state index contributed by atoms with van der Waals surface area (Å²) in [6, 6.07) is 5.77. The van der Waals surface area contributed by atoms with Gasteiger partial charge in [-0.2, -0.15) is 13.2 Å². The molecule has 0 aliphatic carbocycles. The lowest BCUT2D eigenvalue weighted by molar-refractivity contribution is -0.0328. The molecule has 1 aromatic rings. The van der Waals surface area contributed by atoms with Crippen molar-refractivity contribution in [2.24, 2.45) is 0 Å². The third-order valence-corrected chi connectivity index (χ3v) is 3.19. The lowest BCUT2D eigenvalue weighted by atomic mass is 10.0. The molecule has 0 aromatic heterocycles. The fourth-order valence-electron chi connectivity index (χ4n) is 1.68. The molecule has 1 aliphatic heterocycles. The van der Waals surface area contributed by atoms with E-state index in [0.717, 1.165) is 5.56 Å². The number of thioether (sulfide) groups is 1. The highest BCUT2D eigenvalue weighted by Gasteiger charge is 2.29. The Hall–Kier alpha value is -1.08. The van der Waals surface area contributed by atoms with Crippen molar-refractivity contribution < 1.29 is 22.7 Å². The van der Waals surface area contributed by atoms with E-state index in [0.29, 0.717) is 13.0 Å². The molecule has 3 nitrogen and oxygen atoms in total. The van der Waals surface area contributed by atoms with Crippen molar-refractivity contribution in [2.45, 2.75) is 22.9 Å². The summed E-state index contributed by atoms with van der Waals surface area (Å²) in [7, 11) is 0. The van der Waals surface area contributed by atoms with E-state index in [4.69, 9.17) is 4.74 Å². The van der Waals surface area contributed by atoms with Gasteiger partial charge in [-0.15, -0.1) is 12.4 Å². The van der Waals surface area contributed by atoms with Gasteiger partial charge in [-0.25, -0.2) is 4.79 Å². The van der Waals surface area contributed by atoms with Gasteiger partial charge in [-0.05, 0) is 29.5 Å². The standard InChI is InChI=1S/C11H10F3NO2S.ClH/c12-11(13,14)18-8-3-1-7(2-4-8)9-5-6-17-10(16)15-9;/h1-4,9H,5-6H2,(H,15,16);1H/t9-;/m0./s1. The predicted molar refractivity (Wildman–Crippen MR) is 67.4 cm³/mol. The van der Waals surface area contributed by atoms with Crippen molar-refractivity contribution in [1.82, 2.24) is 5.32 Å². The number of amides is 1. The molecule has 1 amide bonds. The van der Waals surface area contributed by atoms with Crippen LogP contribution in [0.1, 0.15) is 18.0 Å². The zero-order valence-electron chi connectivity index (χ0n) is 9.57. The highest BCUT2D eigenvalue weighted by molar-refractivity contribution is 8.00. The maximum Gasteiger partial charge on any atom is 0.446 e. The van der Waals surface area contributed by atoms with E-state index in [1.165, 1.54) is 12.1 Å². The molecule has 8 heteroatoms. The third-order valence-electron chi connectivity index (χ3n) is 2.45. The van der Waals surface area contributed by atoms with Gasteiger partial charge in [0, 0.05) is 11.3 Å². The fourth-order valence-corrected chi connectivity index (χ4v) is 2.22. The van der Waals surface area contributed by atoms with Crippen LogP contribution in [0.3, 0.4) is 0 Å². The van der Waals surface area contributed by atoms with E-state index in [1.54, 1.807) is 12.1 Å². The minimum absolute atomic E-state index is 0. The van der Waals surface area contributed by atoms with E-state index in [1.807, 2.05) is 0 Å². The van der Waals surface area contributed by atoms with Crippen molar-refractivity contribution >= 4 is 30.3 Å². The minimum atomic E-state index is -4.28. The summed E-state index contributed by atoms with van der Waals surface area (Å²) >= 11 is -0.155. The summed E-state index contributed by atoms with van der Waals surface area (Å²) in [5.74, 6) is 0. The van der Waals surface area contributed by atoms with Crippen LogP contribution in [0.5, 0.6) is 0 Å². The molecule has 0 bridgehead atoms. The van der Waals surface area contributed by atoms with Crippen molar-refractivity contribution in [3.05, 3.63) is 29.8 Å². The van der Waals surface area contributed by atoms with Crippen molar-refractivity contribution in [1.29, 1.82) is 0 Å². The van der Waals surface area contributed by atoms with Gasteiger partial charge in [0.2, 0.25) is 0 Å². The Bertz CT molecular complexity index is 439. The predicted octanol–water partition coefficient (Wildman–Crippen LogP) is 3.89. The highest BCUT2D eigenvalue weighted by atomic mass is 35.5. The summed E-state index contributed by atoms with van der Waals surface area (Å²) in [5, 5.41) is 2.61. The molecule has 2 rings (SSSR count). The van der Waals surface area contributed by atoms with E-state index in [-0.39, 0.29) is 35.1 Å². The SMILES string of the molecule is Cl.O=C1N[C@H](c2ccc(SC(F)(F)F)cc2)CCO1. The van der Waals surface area contributed by atoms with E-state index >= 15 is 0 Å². The van der Waals surface area contributed by atoms with Crippen molar-refractivity contribution in [2.75, 3.05) is 6.61 Å². The van der Waals surface area contributed by atoms with Gasteiger partial charge in [0.25, 0.3) is 0 Å². The number of alkyl carbamates (subject to hydrolysis) is 1. The number of rotatable bonds is 2. The molecule has 106 valence electrons. The Labute approximate surface area is 118 Å². The molecule has 0 radical (unpaired) electrons. The van der Waals surface area contributed by atoms with Gasteiger partial charge in [-0.1, -0.05) is 12.1 Å². The number of ether oxygens (including phenoxy) is 1. The summed E-state index contributed by atoms with van der Waals surface area (Å²) in [6.45, 7) is 0.315. The lowest BCUT2D eigenvalue weighted by Gasteiger charge is -2.23. The zero-order valence-corrected chi connectivity index (χ0v) is 11.2. The minimum Gasteiger partial charge on any atom is -0.449 e. The Morgan fingerprint density at radius 1 is 1.26 bits per heavy atom. The average Bonchev–Trinajstić information content (AvgIpc) is 2.28. The van der Waals surface area contributed by atoms with Crippen LogP contribution in [0, 0.1) is 0 Å². The average molecular weight is 314 g/mol. The molecule has 1 saturated heterocycles. The number of carbonyl (C=O) groups excluding carboxylic acids is 1. The Morgan fingerprint density at radius 3 is 2.42 bits per heavy atom. The van der Waals surface area contributed by atoms with Crippen LogP contribution in [-0.4, -0.2) is 18.2 Å². The number of nitrogens with one attached hydrogen (secondary N) is 1. The molecule has 1 fully saturated rings.